The van der Waals surface area contributed by atoms with Gasteiger partial charge in [0.15, 0.2) is 0 Å². The van der Waals surface area contributed by atoms with E-state index in [1.807, 2.05) is 18.2 Å². The number of aryl methyl sites for hydroxylation is 2. The van der Waals surface area contributed by atoms with Crippen LogP contribution in [0.15, 0.2) is 30.3 Å². The highest BCUT2D eigenvalue weighted by atomic mass is 32.2. The average Bonchev–Trinajstić information content (AvgIpc) is 3.58. The summed E-state index contributed by atoms with van der Waals surface area (Å²) in [6.07, 6.45) is 5.51. The topological polar surface area (TPSA) is 150 Å². The van der Waals surface area contributed by atoms with Gasteiger partial charge in [-0.15, -0.1) is 20.4 Å². The third kappa shape index (κ3) is 9.91. The van der Waals surface area contributed by atoms with Crippen LogP contribution in [0.25, 0.3) is 0 Å². The van der Waals surface area contributed by atoms with Gasteiger partial charge in [0.2, 0.25) is 22.1 Å². The van der Waals surface area contributed by atoms with Crippen molar-refractivity contribution in [2.75, 3.05) is 22.1 Å². The molecule has 1 fully saturated rings. The number of nitrogens with one attached hydrogen (secondary N) is 2. The first-order valence-corrected chi connectivity index (χ1v) is 16.0. The van der Waals surface area contributed by atoms with Gasteiger partial charge in [0.1, 0.15) is 10.0 Å². The number of aliphatic hydroxyl groups is 2. The van der Waals surface area contributed by atoms with Crippen molar-refractivity contribution >= 4 is 56.5 Å². The van der Waals surface area contributed by atoms with Crippen molar-refractivity contribution in [3.05, 3.63) is 45.9 Å². The molecule has 39 heavy (non-hydrogen) atoms. The predicted molar refractivity (Wildman–Crippen MR) is 155 cm³/mol. The SMILES string of the molecule is O=C(C[C@@H](O)c1ccccc1)Nc1nnc(CCSCCc2nnc(NC(=O)C[C@@H](O)C3CCCCC3)s2)s1. The molecule has 0 spiro atoms. The lowest BCUT2D eigenvalue weighted by Gasteiger charge is -2.25. The van der Waals surface area contributed by atoms with Crippen LogP contribution in [0.2, 0.25) is 0 Å². The van der Waals surface area contributed by atoms with Gasteiger partial charge in [0.25, 0.3) is 0 Å². The van der Waals surface area contributed by atoms with Crippen LogP contribution in [-0.4, -0.2) is 60.0 Å². The molecule has 3 aromatic rings. The molecule has 0 unspecified atom stereocenters. The third-order valence-electron chi connectivity index (χ3n) is 6.50. The molecule has 4 rings (SSSR count). The van der Waals surface area contributed by atoms with E-state index in [0.29, 0.717) is 15.8 Å². The van der Waals surface area contributed by atoms with Crippen molar-refractivity contribution in [1.29, 1.82) is 0 Å². The molecule has 0 bridgehead atoms. The molecule has 210 valence electrons. The summed E-state index contributed by atoms with van der Waals surface area (Å²) in [5, 5.41) is 45.0. The Kier molecular flexibility index (Phi) is 11.6. The van der Waals surface area contributed by atoms with Crippen molar-refractivity contribution in [2.24, 2.45) is 5.92 Å². The summed E-state index contributed by atoms with van der Waals surface area (Å²) in [5.74, 6) is 1.39. The molecule has 2 atom stereocenters. The number of nitrogens with zero attached hydrogens (tertiary/aromatic N) is 4. The number of thioether (sulfide) groups is 1. The van der Waals surface area contributed by atoms with E-state index < -0.39 is 12.2 Å². The molecule has 2 aromatic heterocycles. The second-order valence-electron chi connectivity index (χ2n) is 9.51. The van der Waals surface area contributed by atoms with Gasteiger partial charge in [0, 0.05) is 12.8 Å². The Morgan fingerprint density at radius 2 is 1.41 bits per heavy atom. The minimum atomic E-state index is -0.866. The Bertz CT molecular complexity index is 1190. The average molecular weight is 591 g/mol. The summed E-state index contributed by atoms with van der Waals surface area (Å²) < 4.78 is 0. The lowest BCUT2D eigenvalue weighted by Crippen LogP contribution is -2.28. The molecule has 1 aliphatic carbocycles. The fourth-order valence-corrected chi connectivity index (χ4v) is 7.06. The number of benzene rings is 1. The zero-order chi connectivity index (χ0) is 27.5. The predicted octanol–water partition coefficient (Wildman–Crippen LogP) is 4.24. The van der Waals surface area contributed by atoms with E-state index in [9.17, 15) is 19.8 Å². The van der Waals surface area contributed by atoms with Gasteiger partial charge >= 0.3 is 0 Å². The van der Waals surface area contributed by atoms with Crippen LogP contribution in [0.5, 0.6) is 0 Å². The second kappa shape index (κ2) is 15.4. The molecular formula is C26H34N6O4S3. The van der Waals surface area contributed by atoms with E-state index in [0.717, 1.165) is 60.0 Å². The summed E-state index contributed by atoms with van der Waals surface area (Å²) in [4.78, 5) is 24.5. The quantitative estimate of drug-likeness (QED) is 0.202. The summed E-state index contributed by atoms with van der Waals surface area (Å²) in [7, 11) is 0. The van der Waals surface area contributed by atoms with Crippen LogP contribution in [0.4, 0.5) is 10.3 Å². The molecule has 4 N–H and O–H groups in total. The minimum Gasteiger partial charge on any atom is -0.392 e. The molecule has 1 aromatic carbocycles. The van der Waals surface area contributed by atoms with Crippen LogP contribution in [0.1, 0.15) is 66.6 Å². The fraction of sp³-hybridized carbons (Fsp3) is 0.538. The van der Waals surface area contributed by atoms with E-state index in [-0.39, 0.29) is 30.6 Å². The van der Waals surface area contributed by atoms with Gasteiger partial charge in [-0.2, -0.15) is 11.8 Å². The van der Waals surface area contributed by atoms with Gasteiger partial charge in [-0.1, -0.05) is 72.3 Å². The zero-order valence-electron chi connectivity index (χ0n) is 21.6. The Morgan fingerprint density at radius 1 is 0.846 bits per heavy atom. The Labute approximate surface area is 240 Å². The number of hydrogen-bond acceptors (Lipinski definition) is 11. The molecule has 1 aliphatic rings. The maximum Gasteiger partial charge on any atom is 0.229 e. The highest BCUT2D eigenvalue weighted by molar-refractivity contribution is 7.99. The van der Waals surface area contributed by atoms with E-state index in [2.05, 4.69) is 31.0 Å². The highest BCUT2D eigenvalue weighted by Gasteiger charge is 2.24. The van der Waals surface area contributed by atoms with Crippen LogP contribution in [-0.2, 0) is 22.4 Å². The molecule has 2 heterocycles. The van der Waals surface area contributed by atoms with Crippen LogP contribution < -0.4 is 10.6 Å². The molecule has 13 heteroatoms. The fourth-order valence-electron chi connectivity index (χ4n) is 4.42. The molecule has 10 nitrogen and oxygen atoms in total. The van der Waals surface area contributed by atoms with Gasteiger partial charge in [-0.05, 0) is 35.8 Å². The van der Waals surface area contributed by atoms with Crippen molar-refractivity contribution < 1.29 is 19.8 Å². The number of carbonyl (C=O) groups excluding carboxylic acids is 2. The van der Waals surface area contributed by atoms with Gasteiger partial charge in [-0.25, -0.2) is 0 Å². The number of rotatable bonds is 14. The third-order valence-corrected chi connectivity index (χ3v) is 9.28. The van der Waals surface area contributed by atoms with Crippen molar-refractivity contribution in [2.45, 2.75) is 70.0 Å². The number of hydrogen-bond donors (Lipinski definition) is 4. The van der Waals surface area contributed by atoms with Crippen LogP contribution >= 0.6 is 34.4 Å². The normalized spacial score (nSPS) is 15.5. The maximum atomic E-state index is 12.3. The minimum absolute atomic E-state index is 0.0474. The molecule has 0 radical (unpaired) electrons. The first-order valence-electron chi connectivity index (χ1n) is 13.2. The molecule has 0 saturated heterocycles. The van der Waals surface area contributed by atoms with Gasteiger partial charge in [0.05, 0.1) is 25.0 Å². The number of amides is 2. The van der Waals surface area contributed by atoms with Crippen molar-refractivity contribution in [1.82, 2.24) is 20.4 Å². The summed E-state index contributed by atoms with van der Waals surface area (Å²) in [6.45, 7) is 0. The Balaban J connectivity index is 1.09. The summed E-state index contributed by atoms with van der Waals surface area (Å²) >= 11 is 4.45. The van der Waals surface area contributed by atoms with Gasteiger partial charge in [-0.3, -0.25) is 9.59 Å². The standard InChI is InChI=1S/C26H34N6O4S3/c33-19(17-7-3-1-4-8-17)15-21(35)27-25-31-29-23(38-25)11-13-37-14-12-24-30-32-26(39-24)28-22(36)16-20(34)18-9-5-2-6-10-18/h1,3-4,7-8,18-20,33-34H,2,5-6,9-16H2,(H,27,31,35)(H,28,32,36)/t19-,20-/m1/s1. The van der Waals surface area contributed by atoms with Gasteiger partial charge < -0.3 is 20.8 Å². The molecular weight excluding hydrogens is 557 g/mol. The largest absolute Gasteiger partial charge is 0.392 e. The van der Waals surface area contributed by atoms with Crippen LogP contribution in [0, 0.1) is 5.92 Å². The van der Waals surface area contributed by atoms with Crippen molar-refractivity contribution in [3.63, 3.8) is 0 Å². The van der Waals surface area contributed by atoms with Crippen LogP contribution in [0.3, 0.4) is 0 Å². The lowest BCUT2D eigenvalue weighted by molar-refractivity contribution is -0.119. The van der Waals surface area contributed by atoms with E-state index in [1.165, 1.54) is 29.1 Å². The van der Waals surface area contributed by atoms with E-state index in [1.54, 1.807) is 23.9 Å². The summed E-state index contributed by atoms with van der Waals surface area (Å²) in [5.41, 5.74) is 0.696. The lowest BCUT2D eigenvalue weighted by atomic mass is 9.84. The smallest absolute Gasteiger partial charge is 0.229 e. The Hall–Kier alpha value is -2.45. The van der Waals surface area contributed by atoms with Crippen molar-refractivity contribution in [3.8, 4) is 0 Å². The number of aromatic nitrogens is 4. The monoisotopic (exact) mass is 590 g/mol. The zero-order valence-corrected chi connectivity index (χ0v) is 24.1. The Morgan fingerprint density at radius 3 is 2.00 bits per heavy atom. The number of carbonyl (C=O) groups is 2. The highest BCUT2D eigenvalue weighted by Crippen LogP contribution is 2.28. The van der Waals surface area contributed by atoms with E-state index >= 15 is 0 Å². The molecule has 2 amide bonds. The number of anilines is 2. The second-order valence-corrected chi connectivity index (χ2v) is 12.9. The first-order chi connectivity index (χ1) is 19.0. The molecule has 0 aliphatic heterocycles. The van der Waals surface area contributed by atoms with E-state index in [4.69, 9.17) is 0 Å². The maximum absolute atomic E-state index is 12.3. The first kappa shape index (κ1) is 29.5. The summed E-state index contributed by atoms with van der Waals surface area (Å²) in [6, 6.07) is 9.07. The molecule has 1 saturated carbocycles. The number of aliphatic hydroxyl groups excluding tert-OH is 2.